The number of aromatic carboxylic acids is 1. The summed E-state index contributed by atoms with van der Waals surface area (Å²) in [6, 6.07) is 6.46. The molecule has 11 heteroatoms. The van der Waals surface area contributed by atoms with Gasteiger partial charge in [-0.2, -0.15) is 22.0 Å². The van der Waals surface area contributed by atoms with Gasteiger partial charge in [-0.3, -0.25) is 0 Å². The van der Waals surface area contributed by atoms with E-state index >= 15 is 0 Å². The number of benzene rings is 2. The van der Waals surface area contributed by atoms with Gasteiger partial charge in [0.2, 0.25) is 0 Å². The Balaban J connectivity index is 1.78. The number of carboxylic acid groups (broad SMARTS) is 1. The highest BCUT2D eigenvalue weighted by Gasteiger charge is 2.36. The number of alkyl halides is 5. The third-order valence-corrected chi connectivity index (χ3v) is 4.78. The Kier molecular flexibility index (Phi) is 6.63. The van der Waals surface area contributed by atoms with Gasteiger partial charge < -0.3 is 19.5 Å². The molecule has 1 aliphatic rings. The molecule has 0 spiro atoms. The van der Waals surface area contributed by atoms with Gasteiger partial charge in [0.15, 0.2) is 0 Å². The lowest BCUT2D eigenvalue weighted by molar-refractivity contribution is -0.137. The molecule has 0 amide bonds. The second kappa shape index (κ2) is 9.04. The molecule has 1 aliphatic heterocycles. The van der Waals surface area contributed by atoms with E-state index in [2.05, 4.69) is 4.74 Å². The fraction of sp³-hybridized carbons (Fsp3) is 0.350. The van der Waals surface area contributed by atoms with Crippen molar-refractivity contribution in [3.05, 3.63) is 59.4 Å². The predicted octanol–water partition coefficient (Wildman–Crippen LogP) is 4.81. The van der Waals surface area contributed by atoms with Crippen molar-refractivity contribution in [2.24, 2.45) is 0 Å². The van der Waals surface area contributed by atoms with Crippen LogP contribution in [0.4, 0.5) is 32.0 Å². The molecule has 2 aromatic rings. The number of nitrogens with zero attached hydrogens (tertiary/aromatic N) is 1. The fourth-order valence-electron chi connectivity index (χ4n) is 3.38. The van der Waals surface area contributed by atoms with Gasteiger partial charge in [0.05, 0.1) is 36.0 Å². The van der Waals surface area contributed by atoms with Gasteiger partial charge in [-0.15, -0.1) is 0 Å². The zero-order valence-corrected chi connectivity index (χ0v) is 15.8. The second-order valence-electron chi connectivity index (χ2n) is 6.87. The Morgan fingerprint density at radius 1 is 1.16 bits per heavy atom. The zero-order chi connectivity index (χ0) is 22.8. The molecule has 0 aliphatic carbocycles. The number of anilines is 1. The van der Waals surface area contributed by atoms with Crippen molar-refractivity contribution in [3.8, 4) is 5.75 Å². The van der Waals surface area contributed by atoms with Crippen LogP contribution in [-0.2, 0) is 10.9 Å². The van der Waals surface area contributed by atoms with Gasteiger partial charge in [0.25, 0.3) is 0 Å². The van der Waals surface area contributed by atoms with Crippen molar-refractivity contribution < 1.29 is 45.7 Å². The summed E-state index contributed by atoms with van der Waals surface area (Å²) in [5, 5.41) is 8.96. The van der Waals surface area contributed by atoms with Crippen LogP contribution in [0.5, 0.6) is 5.75 Å². The van der Waals surface area contributed by atoms with Crippen LogP contribution in [0.1, 0.15) is 22.3 Å². The third-order valence-electron chi connectivity index (χ3n) is 4.78. The summed E-state index contributed by atoms with van der Waals surface area (Å²) < 4.78 is 87.6. The Hall–Kier alpha value is -2.95. The molecular weight excluding hydrogens is 432 g/mol. The maximum Gasteiger partial charge on any atom is 0.416 e. The Morgan fingerprint density at radius 2 is 1.84 bits per heavy atom. The van der Waals surface area contributed by atoms with Crippen LogP contribution in [-0.4, -0.2) is 43.0 Å². The van der Waals surface area contributed by atoms with Crippen LogP contribution in [0.3, 0.4) is 0 Å². The van der Waals surface area contributed by atoms with E-state index < -0.39 is 48.9 Å². The molecule has 3 rings (SSSR count). The Bertz CT molecular complexity index is 919. The van der Waals surface area contributed by atoms with E-state index in [0.29, 0.717) is 0 Å². The van der Waals surface area contributed by atoms with Gasteiger partial charge in [0.1, 0.15) is 17.7 Å². The highest BCUT2D eigenvalue weighted by atomic mass is 19.4. The molecule has 5 nitrogen and oxygen atoms in total. The van der Waals surface area contributed by atoms with Gasteiger partial charge >= 0.3 is 18.8 Å². The minimum atomic E-state index is -4.50. The summed E-state index contributed by atoms with van der Waals surface area (Å²) in [4.78, 5) is 12.4. The monoisotopic (exact) mass is 449 g/mol. The molecule has 0 bridgehead atoms. The van der Waals surface area contributed by atoms with Crippen molar-refractivity contribution in [2.75, 3.05) is 18.1 Å². The lowest BCUT2D eigenvalue weighted by Crippen LogP contribution is -2.34. The van der Waals surface area contributed by atoms with Crippen molar-refractivity contribution in [1.82, 2.24) is 0 Å². The van der Waals surface area contributed by atoms with E-state index in [1.807, 2.05) is 0 Å². The molecule has 0 unspecified atom stereocenters. The van der Waals surface area contributed by atoms with Crippen LogP contribution in [0, 0.1) is 5.82 Å². The maximum atomic E-state index is 14.5. The van der Waals surface area contributed by atoms with Crippen molar-refractivity contribution in [2.45, 2.75) is 31.4 Å². The van der Waals surface area contributed by atoms with E-state index in [9.17, 15) is 31.1 Å². The largest absolute Gasteiger partial charge is 0.489 e. The van der Waals surface area contributed by atoms with Crippen LogP contribution in [0.15, 0.2) is 42.5 Å². The van der Waals surface area contributed by atoms with Crippen LogP contribution in [0.2, 0.25) is 0 Å². The van der Waals surface area contributed by atoms with Gasteiger partial charge in [-0.25, -0.2) is 9.18 Å². The first-order chi connectivity index (χ1) is 14.5. The van der Waals surface area contributed by atoms with E-state index in [1.165, 1.54) is 17.0 Å². The lowest BCUT2D eigenvalue weighted by Gasteiger charge is -2.26. The predicted molar refractivity (Wildman–Crippen MR) is 96.9 cm³/mol. The molecule has 0 aromatic heterocycles. The quantitative estimate of drug-likeness (QED) is 0.615. The number of hydrogen-bond donors (Lipinski definition) is 1. The lowest BCUT2D eigenvalue weighted by atomic mass is 10.1. The molecular formula is C20H17F6NO4. The molecule has 1 saturated heterocycles. The fourth-order valence-corrected chi connectivity index (χ4v) is 3.38. The molecule has 0 radical (unpaired) electrons. The average Bonchev–Trinajstić information content (AvgIpc) is 3.08. The number of halogens is 6. The molecule has 168 valence electrons. The summed E-state index contributed by atoms with van der Waals surface area (Å²) in [6.07, 6.45) is -5.02. The Morgan fingerprint density at radius 3 is 2.39 bits per heavy atom. The summed E-state index contributed by atoms with van der Waals surface area (Å²) in [7, 11) is 0. The number of carbonyl (C=O) groups is 1. The smallest absolute Gasteiger partial charge is 0.416 e. The van der Waals surface area contributed by atoms with E-state index in [0.717, 1.165) is 30.3 Å². The highest BCUT2D eigenvalue weighted by Crippen LogP contribution is 2.33. The number of rotatable bonds is 7. The summed E-state index contributed by atoms with van der Waals surface area (Å²) in [6.45, 7) is -3.47. The first kappa shape index (κ1) is 22.7. The van der Waals surface area contributed by atoms with Crippen molar-refractivity contribution in [1.29, 1.82) is 0 Å². The van der Waals surface area contributed by atoms with E-state index in [-0.39, 0.29) is 30.0 Å². The van der Waals surface area contributed by atoms with Gasteiger partial charge in [-0.1, -0.05) is 0 Å². The first-order valence-corrected chi connectivity index (χ1v) is 9.07. The summed E-state index contributed by atoms with van der Waals surface area (Å²) in [5.41, 5.74) is -1.15. The van der Waals surface area contributed by atoms with Crippen molar-refractivity contribution in [3.63, 3.8) is 0 Å². The van der Waals surface area contributed by atoms with Crippen LogP contribution in [0.25, 0.3) is 0 Å². The molecule has 1 N–H and O–H groups in total. The third kappa shape index (κ3) is 5.60. The van der Waals surface area contributed by atoms with Crippen LogP contribution < -0.4 is 9.64 Å². The summed E-state index contributed by atoms with van der Waals surface area (Å²) in [5.74, 6) is -2.06. The van der Waals surface area contributed by atoms with E-state index in [1.54, 1.807) is 0 Å². The number of hydrogen-bond acceptors (Lipinski definition) is 4. The second-order valence-corrected chi connectivity index (χ2v) is 6.87. The van der Waals surface area contributed by atoms with E-state index in [4.69, 9.17) is 9.84 Å². The first-order valence-electron chi connectivity index (χ1n) is 9.07. The minimum absolute atomic E-state index is 0.0219. The maximum absolute atomic E-state index is 14.5. The molecule has 1 heterocycles. The number of carboxylic acids is 1. The molecule has 31 heavy (non-hydrogen) atoms. The summed E-state index contributed by atoms with van der Waals surface area (Å²) >= 11 is 0. The molecule has 2 atom stereocenters. The Labute approximate surface area is 172 Å². The van der Waals surface area contributed by atoms with Crippen LogP contribution >= 0.6 is 0 Å². The molecule has 0 saturated carbocycles. The average molecular weight is 449 g/mol. The molecule has 1 fully saturated rings. The van der Waals surface area contributed by atoms with Gasteiger partial charge in [0, 0.05) is 6.42 Å². The standard InChI is InChI=1S/C20H17F6NO4/c21-16-7-11(18(28)29)1-6-17(16)27-9-15(8-13(27)10-30-19(22)23)31-14-4-2-12(3-5-14)20(24,25)26/h1-7,13,15,19H,8-10H2,(H,28,29)/t13-,15-/m0/s1. The molecule has 2 aromatic carbocycles. The topological polar surface area (TPSA) is 59.0 Å². The van der Waals surface area contributed by atoms with Gasteiger partial charge in [-0.05, 0) is 42.5 Å². The van der Waals surface area contributed by atoms with Crippen molar-refractivity contribution >= 4 is 11.7 Å². The number of ether oxygens (including phenoxy) is 2. The zero-order valence-electron chi connectivity index (χ0n) is 15.8. The normalized spacial score (nSPS) is 19.1. The highest BCUT2D eigenvalue weighted by molar-refractivity contribution is 5.88. The minimum Gasteiger partial charge on any atom is -0.489 e. The SMILES string of the molecule is O=C(O)c1ccc(N2C[C@@H](Oc3ccc(C(F)(F)F)cc3)C[C@H]2COC(F)F)c(F)c1.